The van der Waals surface area contributed by atoms with Crippen LogP contribution in [0.3, 0.4) is 0 Å². The van der Waals surface area contributed by atoms with Crippen molar-refractivity contribution in [1.82, 2.24) is 0 Å². The first-order chi connectivity index (χ1) is 10.7. The Morgan fingerprint density at radius 3 is 2.52 bits per heavy atom. The van der Waals surface area contributed by atoms with Gasteiger partial charge in [0.25, 0.3) is 0 Å². The van der Waals surface area contributed by atoms with Crippen molar-refractivity contribution >= 4 is 11.6 Å². The Hall–Kier alpha value is -0.960. The maximum atomic E-state index is 13.0. The Bertz CT molecular complexity index is 618. The first-order valence-electron chi connectivity index (χ1n) is 9.09. The van der Waals surface area contributed by atoms with E-state index < -0.39 is 11.5 Å². The summed E-state index contributed by atoms with van der Waals surface area (Å²) in [7, 11) is 0. The molecule has 5 saturated carbocycles. The lowest BCUT2D eigenvalue weighted by Gasteiger charge is -2.67. The molecule has 126 valence electrons. The number of rotatable bonds is 0. The van der Waals surface area contributed by atoms with Crippen molar-refractivity contribution in [2.45, 2.75) is 65.4 Å². The van der Waals surface area contributed by atoms with Crippen LogP contribution < -0.4 is 0 Å². The van der Waals surface area contributed by atoms with Gasteiger partial charge in [0.2, 0.25) is 0 Å². The molecule has 6 unspecified atom stereocenters. The molecule has 0 aliphatic heterocycles. The zero-order valence-corrected chi connectivity index (χ0v) is 14.5. The van der Waals surface area contributed by atoms with Crippen LogP contribution in [0, 0.1) is 34.0 Å². The number of fused-ring (bicyclic) bond motifs is 3. The number of aliphatic hydroxyl groups is 1. The van der Waals surface area contributed by atoms with Gasteiger partial charge in [-0.25, -0.2) is 0 Å². The summed E-state index contributed by atoms with van der Waals surface area (Å²) in [6.07, 6.45) is 4.10. The number of ketones is 2. The van der Waals surface area contributed by atoms with Gasteiger partial charge in [-0.2, -0.15) is 0 Å². The molecule has 0 saturated heterocycles. The topological polar surface area (TPSA) is 54.4 Å². The van der Waals surface area contributed by atoms with E-state index in [-0.39, 0.29) is 28.4 Å². The molecular formula is C20H28O3. The third kappa shape index (κ3) is 1.60. The third-order valence-corrected chi connectivity index (χ3v) is 8.33. The summed E-state index contributed by atoms with van der Waals surface area (Å²) in [5.41, 5.74) is 0.250. The molecule has 5 aliphatic carbocycles. The van der Waals surface area contributed by atoms with Gasteiger partial charge in [0.15, 0.2) is 5.78 Å². The number of carbonyl (C=O) groups excluding carboxylic acids is 2. The lowest BCUT2D eigenvalue weighted by Crippen LogP contribution is -2.67. The third-order valence-electron chi connectivity index (χ3n) is 8.33. The van der Waals surface area contributed by atoms with Crippen molar-refractivity contribution < 1.29 is 14.7 Å². The van der Waals surface area contributed by atoms with Crippen LogP contribution in [0.2, 0.25) is 0 Å². The minimum atomic E-state index is -0.796. The minimum Gasteiger partial charge on any atom is -0.385 e. The molecule has 23 heavy (non-hydrogen) atoms. The van der Waals surface area contributed by atoms with Crippen molar-refractivity contribution in [3.8, 4) is 0 Å². The van der Waals surface area contributed by atoms with Crippen molar-refractivity contribution in [2.75, 3.05) is 0 Å². The first kappa shape index (κ1) is 15.6. The van der Waals surface area contributed by atoms with Gasteiger partial charge >= 0.3 is 0 Å². The standard InChI is InChI=1S/C20H28O3/c1-11-9-12-10-14-19(4)7-6-15(21)18(2,3)13(19)5-8-20(11,14)17(23)16(12)22/h12-14,16,22H,1,5-10H2,2-4H3. The normalized spacial score (nSPS) is 51.4. The maximum Gasteiger partial charge on any atom is 0.171 e. The summed E-state index contributed by atoms with van der Waals surface area (Å²) in [4.78, 5) is 25.5. The van der Waals surface area contributed by atoms with E-state index in [4.69, 9.17) is 0 Å². The van der Waals surface area contributed by atoms with Gasteiger partial charge in [0.1, 0.15) is 11.9 Å². The first-order valence-corrected chi connectivity index (χ1v) is 9.09. The van der Waals surface area contributed by atoms with E-state index in [1.165, 1.54) is 0 Å². The van der Waals surface area contributed by atoms with Crippen molar-refractivity contribution in [2.24, 2.45) is 34.0 Å². The van der Waals surface area contributed by atoms with Crippen LogP contribution in [0.4, 0.5) is 0 Å². The average molecular weight is 316 g/mol. The summed E-state index contributed by atoms with van der Waals surface area (Å²) in [5, 5.41) is 10.4. The van der Waals surface area contributed by atoms with Crippen LogP contribution in [0.1, 0.15) is 59.3 Å². The highest BCUT2D eigenvalue weighted by Crippen LogP contribution is 2.70. The van der Waals surface area contributed by atoms with Gasteiger partial charge in [0.05, 0.1) is 5.41 Å². The fourth-order valence-corrected chi connectivity index (χ4v) is 7.08. The van der Waals surface area contributed by atoms with Gasteiger partial charge in [-0.1, -0.05) is 32.9 Å². The van der Waals surface area contributed by atoms with Crippen molar-refractivity contribution in [1.29, 1.82) is 0 Å². The predicted molar refractivity (Wildman–Crippen MR) is 87.7 cm³/mol. The number of hydrogen-bond donors (Lipinski definition) is 1. The van der Waals surface area contributed by atoms with Crippen molar-refractivity contribution in [3.63, 3.8) is 0 Å². The molecule has 0 radical (unpaired) electrons. The lowest BCUT2D eigenvalue weighted by atomic mass is 9.36. The molecule has 5 rings (SSSR count). The fourth-order valence-electron chi connectivity index (χ4n) is 7.08. The lowest BCUT2D eigenvalue weighted by molar-refractivity contribution is -0.189. The highest BCUT2D eigenvalue weighted by atomic mass is 16.3. The second kappa shape index (κ2) is 4.36. The SMILES string of the molecule is C=C1CC2CC3C1(CCC1C(C)(C)C(=O)CCC13C)C(=O)C2O. The number of Topliss-reactive ketones (excluding diaryl/α,β-unsaturated/α-hetero) is 2. The molecule has 0 heterocycles. The molecule has 0 aromatic heterocycles. The molecule has 0 aromatic carbocycles. The predicted octanol–water partition coefficient (Wildman–Crippen LogP) is 3.30. The molecule has 2 bridgehead atoms. The highest BCUT2D eigenvalue weighted by Gasteiger charge is 2.69. The average Bonchev–Trinajstić information content (AvgIpc) is 2.49. The molecule has 0 amide bonds. The fraction of sp³-hybridized carbons (Fsp3) is 0.800. The Morgan fingerprint density at radius 2 is 1.83 bits per heavy atom. The number of allylic oxidation sites excluding steroid dienone is 1. The molecular weight excluding hydrogens is 288 g/mol. The molecule has 3 nitrogen and oxygen atoms in total. The molecule has 1 spiro atoms. The van der Waals surface area contributed by atoms with Crippen LogP contribution in [0.15, 0.2) is 12.2 Å². The van der Waals surface area contributed by atoms with Crippen LogP contribution in [0.25, 0.3) is 0 Å². The number of hydrogen-bond acceptors (Lipinski definition) is 3. The number of aliphatic hydroxyl groups excluding tert-OH is 1. The van der Waals surface area contributed by atoms with Gasteiger partial charge in [-0.3, -0.25) is 9.59 Å². The summed E-state index contributed by atoms with van der Waals surface area (Å²) < 4.78 is 0. The molecule has 6 atom stereocenters. The second-order valence-corrected chi connectivity index (χ2v) is 9.38. The largest absolute Gasteiger partial charge is 0.385 e. The second-order valence-electron chi connectivity index (χ2n) is 9.38. The van der Waals surface area contributed by atoms with Gasteiger partial charge in [0, 0.05) is 11.8 Å². The number of carbonyl (C=O) groups is 2. The van der Waals surface area contributed by atoms with Gasteiger partial charge < -0.3 is 5.11 Å². The molecule has 1 N–H and O–H groups in total. The summed E-state index contributed by atoms with van der Waals surface area (Å²) >= 11 is 0. The smallest absolute Gasteiger partial charge is 0.171 e. The van der Waals surface area contributed by atoms with Crippen LogP contribution in [-0.2, 0) is 9.59 Å². The summed E-state index contributed by atoms with van der Waals surface area (Å²) in [6, 6.07) is 0. The zero-order valence-electron chi connectivity index (χ0n) is 14.5. The Kier molecular flexibility index (Phi) is 2.95. The van der Waals surface area contributed by atoms with E-state index in [9.17, 15) is 14.7 Å². The van der Waals surface area contributed by atoms with Crippen LogP contribution >= 0.6 is 0 Å². The maximum absolute atomic E-state index is 13.0. The van der Waals surface area contributed by atoms with E-state index in [2.05, 4.69) is 27.4 Å². The van der Waals surface area contributed by atoms with E-state index in [0.717, 1.165) is 37.7 Å². The Morgan fingerprint density at radius 1 is 1.13 bits per heavy atom. The van der Waals surface area contributed by atoms with E-state index in [0.29, 0.717) is 18.1 Å². The minimum absolute atomic E-state index is 0.00701. The molecule has 0 aromatic rings. The zero-order chi connectivity index (χ0) is 16.8. The van der Waals surface area contributed by atoms with E-state index in [1.807, 2.05) is 0 Å². The van der Waals surface area contributed by atoms with Crippen LogP contribution in [0.5, 0.6) is 0 Å². The summed E-state index contributed by atoms with van der Waals surface area (Å²) in [6.45, 7) is 10.8. The Labute approximate surface area is 138 Å². The highest BCUT2D eigenvalue weighted by molar-refractivity contribution is 5.95. The quantitative estimate of drug-likeness (QED) is 0.698. The summed E-state index contributed by atoms with van der Waals surface area (Å²) in [5.74, 6) is 1.04. The van der Waals surface area contributed by atoms with Crippen LogP contribution in [-0.4, -0.2) is 22.8 Å². The monoisotopic (exact) mass is 316 g/mol. The van der Waals surface area contributed by atoms with Gasteiger partial charge in [-0.15, -0.1) is 0 Å². The van der Waals surface area contributed by atoms with E-state index >= 15 is 0 Å². The Balaban J connectivity index is 1.83. The van der Waals surface area contributed by atoms with Gasteiger partial charge in [-0.05, 0) is 55.3 Å². The molecule has 3 heteroatoms. The van der Waals surface area contributed by atoms with Crippen molar-refractivity contribution in [3.05, 3.63) is 12.2 Å². The molecule has 5 aliphatic rings. The molecule has 5 fully saturated rings. The van der Waals surface area contributed by atoms with E-state index in [1.54, 1.807) is 0 Å².